The van der Waals surface area contributed by atoms with Crippen LogP contribution in [0.4, 0.5) is 0 Å². The molecule has 1 aliphatic rings. The molecule has 0 amide bonds. The topological polar surface area (TPSA) is 78.2 Å². The number of ether oxygens (including phenoxy) is 1. The van der Waals surface area contributed by atoms with Crippen LogP contribution in [0, 0.1) is 0 Å². The van der Waals surface area contributed by atoms with Crippen molar-refractivity contribution >= 4 is 34.4 Å². The highest BCUT2D eigenvalue weighted by molar-refractivity contribution is 6.29. The van der Waals surface area contributed by atoms with Crippen LogP contribution in [-0.4, -0.2) is 60.5 Å². The van der Waals surface area contributed by atoms with E-state index < -0.39 is 0 Å². The van der Waals surface area contributed by atoms with E-state index in [-0.39, 0.29) is 0 Å². The van der Waals surface area contributed by atoms with Gasteiger partial charge in [0.05, 0.1) is 22.7 Å². The first-order valence-corrected chi connectivity index (χ1v) is 9.15. The normalized spacial score (nSPS) is 16.9. The summed E-state index contributed by atoms with van der Waals surface area (Å²) in [5, 5.41) is 0.454. The van der Waals surface area contributed by atoms with Crippen LogP contribution >= 0.6 is 11.6 Å². The number of nitrogens with one attached hydrogen (secondary N) is 1. The van der Waals surface area contributed by atoms with Gasteiger partial charge in [0.2, 0.25) is 0 Å². The lowest BCUT2D eigenvalue weighted by Crippen LogP contribution is -2.69. The molecule has 0 aliphatic carbocycles. The summed E-state index contributed by atoms with van der Waals surface area (Å²) in [5.41, 5.74) is 10.2. The highest BCUT2D eigenvalue weighted by Crippen LogP contribution is 2.19. The van der Waals surface area contributed by atoms with Crippen molar-refractivity contribution in [1.29, 1.82) is 0 Å². The average Bonchev–Trinajstić information content (AvgIpc) is 2.58. The van der Waals surface area contributed by atoms with Gasteiger partial charge in [0.15, 0.2) is 6.21 Å². The Balaban J connectivity index is 1.61. The van der Waals surface area contributed by atoms with Crippen LogP contribution in [0.5, 0.6) is 0 Å². The van der Waals surface area contributed by atoms with Crippen LogP contribution in [0.15, 0.2) is 30.1 Å². The number of methoxy groups -OCH3 is 1. The molecule has 3 N–H and O–H groups in total. The third-order valence-electron chi connectivity index (χ3n) is 4.54. The van der Waals surface area contributed by atoms with Crippen molar-refractivity contribution in [2.24, 2.45) is 5.73 Å². The maximum Gasteiger partial charge on any atom is 0.171 e. The molecule has 0 saturated carbocycles. The molecule has 0 atom stereocenters. The van der Waals surface area contributed by atoms with Crippen LogP contribution in [0.25, 0.3) is 16.6 Å². The van der Waals surface area contributed by atoms with E-state index in [2.05, 4.69) is 19.9 Å². The fourth-order valence-electron chi connectivity index (χ4n) is 2.99. The molecule has 7 heteroatoms. The Hall–Kier alpha value is -2.02. The predicted molar refractivity (Wildman–Crippen MR) is 105 cm³/mol. The lowest BCUT2D eigenvalue weighted by molar-refractivity contribution is -0.451. The molecule has 0 spiro atoms. The van der Waals surface area contributed by atoms with Crippen molar-refractivity contribution in [2.45, 2.75) is 19.4 Å². The van der Waals surface area contributed by atoms with E-state index in [1.165, 1.54) is 0 Å². The Labute approximate surface area is 158 Å². The molecule has 6 nitrogen and oxygen atoms in total. The molecule has 3 rings (SSSR count). The minimum atomic E-state index is 0.409. The second-order valence-electron chi connectivity index (χ2n) is 6.56. The third-order valence-corrected chi connectivity index (χ3v) is 4.75. The van der Waals surface area contributed by atoms with E-state index >= 15 is 0 Å². The molecule has 1 aliphatic heterocycles. The number of aromatic nitrogens is 2. The van der Waals surface area contributed by atoms with Crippen LogP contribution in [0.1, 0.15) is 18.9 Å². The van der Waals surface area contributed by atoms with Crippen molar-refractivity contribution < 1.29 is 9.73 Å². The number of nitrogens with zero attached hydrogens (tertiary/aromatic N) is 3. The fourth-order valence-corrected chi connectivity index (χ4v) is 3.14. The first-order chi connectivity index (χ1) is 12.6. The van der Waals surface area contributed by atoms with Crippen molar-refractivity contribution in [3.05, 3.63) is 40.8 Å². The number of hydrogen-bond acceptors (Lipinski definition) is 5. The number of pyridine rings is 2. The Kier molecular flexibility index (Phi) is 6.19. The molecule has 2 aromatic rings. The zero-order chi connectivity index (χ0) is 18.5. The summed E-state index contributed by atoms with van der Waals surface area (Å²) in [4.78, 5) is 14.5. The SMILES string of the molecule is COC1CN(CCC[NH+]=CC(=C(C)N)c2cnc3ccc(Cl)nc3c2)C1. The third kappa shape index (κ3) is 4.58. The summed E-state index contributed by atoms with van der Waals surface area (Å²) < 4.78 is 5.29. The quantitative estimate of drug-likeness (QED) is 0.426. The van der Waals surface area contributed by atoms with Gasteiger partial charge in [0, 0.05) is 50.6 Å². The van der Waals surface area contributed by atoms with Gasteiger partial charge in [0.1, 0.15) is 11.7 Å². The molecule has 26 heavy (non-hydrogen) atoms. The first kappa shape index (κ1) is 18.8. The number of likely N-dealkylation sites (tertiary alicyclic amines) is 1. The molecular formula is C19H25ClN5O+. The summed E-state index contributed by atoms with van der Waals surface area (Å²) in [5.74, 6) is 0. The summed E-state index contributed by atoms with van der Waals surface area (Å²) >= 11 is 5.98. The van der Waals surface area contributed by atoms with E-state index in [1.54, 1.807) is 13.2 Å². The van der Waals surface area contributed by atoms with Gasteiger partial charge in [-0.15, -0.1) is 0 Å². The van der Waals surface area contributed by atoms with Gasteiger partial charge < -0.3 is 10.5 Å². The molecule has 2 aromatic heterocycles. The molecule has 3 heterocycles. The molecule has 0 radical (unpaired) electrons. The standard InChI is InChI=1S/C19H24ClN5O/c1-13(21)16(10-22-6-3-7-25-11-15(12-25)26-2)14-8-18-17(23-9-14)4-5-19(20)24-18/h4-5,8-10,15H,3,6-7,11-12,21H2,1-2H3/p+1. The van der Waals surface area contributed by atoms with Crippen LogP contribution in [0.2, 0.25) is 5.15 Å². The van der Waals surface area contributed by atoms with E-state index in [4.69, 9.17) is 22.1 Å². The number of hydrogen-bond donors (Lipinski definition) is 2. The first-order valence-electron chi connectivity index (χ1n) is 8.77. The molecule has 1 fully saturated rings. The van der Waals surface area contributed by atoms with E-state index in [9.17, 15) is 0 Å². The Morgan fingerprint density at radius 3 is 2.96 bits per heavy atom. The second-order valence-corrected chi connectivity index (χ2v) is 6.95. The van der Waals surface area contributed by atoms with Crippen molar-refractivity contribution in [1.82, 2.24) is 14.9 Å². The lowest BCUT2D eigenvalue weighted by Gasteiger charge is -2.37. The minimum Gasteiger partial charge on any atom is -0.402 e. The van der Waals surface area contributed by atoms with Gasteiger partial charge in [-0.25, -0.2) is 9.98 Å². The van der Waals surface area contributed by atoms with Gasteiger partial charge in [-0.2, -0.15) is 0 Å². The van der Waals surface area contributed by atoms with Gasteiger partial charge in [0.25, 0.3) is 0 Å². The van der Waals surface area contributed by atoms with Crippen LogP contribution in [-0.2, 0) is 4.74 Å². The maximum absolute atomic E-state index is 6.08. The maximum atomic E-state index is 6.08. The van der Waals surface area contributed by atoms with Crippen LogP contribution in [0.3, 0.4) is 0 Å². The van der Waals surface area contributed by atoms with Gasteiger partial charge in [-0.1, -0.05) is 11.6 Å². The predicted octanol–water partition coefficient (Wildman–Crippen LogP) is 0.845. The molecule has 138 valence electrons. The molecule has 0 aromatic carbocycles. The monoisotopic (exact) mass is 374 g/mol. The number of rotatable bonds is 7. The van der Waals surface area contributed by atoms with E-state index in [1.807, 2.05) is 31.5 Å². The Morgan fingerprint density at radius 1 is 1.42 bits per heavy atom. The Bertz CT molecular complexity index is 826. The summed E-state index contributed by atoms with van der Waals surface area (Å²) in [7, 11) is 1.77. The second kappa shape index (κ2) is 8.58. The van der Waals surface area contributed by atoms with E-state index in [0.717, 1.165) is 60.5 Å². The number of allylic oxidation sites excluding steroid dienone is 2. The number of nitrogens with two attached hydrogens (primary N) is 1. The Morgan fingerprint density at radius 2 is 2.23 bits per heavy atom. The average molecular weight is 375 g/mol. The summed E-state index contributed by atoms with van der Waals surface area (Å²) in [6, 6.07) is 5.56. The highest BCUT2D eigenvalue weighted by atomic mass is 35.5. The number of fused-ring (bicyclic) bond motifs is 1. The lowest BCUT2D eigenvalue weighted by atomic mass is 10.1. The molecule has 1 saturated heterocycles. The van der Waals surface area contributed by atoms with E-state index in [0.29, 0.717) is 11.3 Å². The largest absolute Gasteiger partial charge is 0.402 e. The smallest absolute Gasteiger partial charge is 0.171 e. The zero-order valence-corrected chi connectivity index (χ0v) is 16.0. The van der Waals surface area contributed by atoms with Crippen molar-refractivity contribution in [2.75, 3.05) is 33.3 Å². The molecule has 0 bridgehead atoms. The zero-order valence-electron chi connectivity index (χ0n) is 15.2. The molecular weight excluding hydrogens is 350 g/mol. The van der Waals surface area contributed by atoms with Crippen molar-refractivity contribution in [3.63, 3.8) is 0 Å². The van der Waals surface area contributed by atoms with Crippen LogP contribution < -0.4 is 10.7 Å². The minimum absolute atomic E-state index is 0.409. The van der Waals surface area contributed by atoms with Crippen molar-refractivity contribution in [3.8, 4) is 0 Å². The summed E-state index contributed by atoms with van der Waals surface area (Å²) in [6.07, 6.45) is 5.24. The number of halogens is 1. The fraction of sp³-hybridized carbons (Fsp3) is 0.421. The van der Waals surface area contributed by atoms with Gasteiger partial charge in [-0.05, 0) is 25.1 Å². The highest BCUT2D eigenvalue weighted by Gasteiger charge is 2.25. The molecule has 0 unspecified atom stereocenters. The summed E-state index contributed by atoms with van der Waals surface area (Å²) in [6.45, 7) is 5.91. The van der Waals surface area contributed by atoms with Gasteiger partial charge >= 0.3 is 0 Å². The van der Waals surface area contributed by atoms with Gasteiger partial charge in [-0.3, -0.25) is 9.88 Å².